The fraction of sp³-hybridized carbons (Fsp3) is 0.222. The van der Waals surface area contributed by atoms with Crippen molar-refractivity contribution in [1.82, 2.24) is 20.6 Å². The maximum absolute atomic E-state index is 7.43. The van der Waals surface area contributed by atoms with E-state index in [9.17, 15) is 0 Å². The Hall–Kier alpha value is -2.56. The van der Waals surface area contributed by atoms with E-state index >= 15 is 0 Å². The van der Waals surface area contributed by atoms with Gasteiger partial charge in [0.15, 0.2) is 0 Å². The predicted molar refractivity (Wildman–Crippen MR) is 120 cm³/mol. The first-order valence-electron chi connectivity index (χ1n) is 8.15. The average molecular weight is 588 g/mol. The summed E-state index contributed by atoms with van der Waals surface area (Å²) in [5.41, 5.74) is 2.09. The number of hydrogen-bond donors (Lipinski definition) is 2. The van der Waals surface area contributed by atoms with Crippen molar-refractivity contribution in [3.05, 3.63) is 67.8 Å². The molecule has 2 N–H and O–H groups in total. The van der Waals surface area contributed by atoms with E-state index in [4.69, 9.17) is 21.3 Å². The molecule has 13 heteroatoms. The molecule has 0 aliphatic rings. The monoisotopic (exact) mass is 586 g/mol. The third-order valence-corrected chi connectivity index (χ3v) is 3.81. The first kappa shape index (κ1) is 30.6. The van der Waals surface area contributed by atoms with E-state index in [0.29, 0.717) is 0 Å². The molecule has 2 aromatic heterocycles. The average Bonchev–Trinajstić information content (AvgIpc) is 2.75. The summed E-state index contributed by atoms with van der Waals surface area (Å²) in [6.07, 6.45) is 6.19. The number of nitrogens with zero attached hydrogens (tertiary/aromatic N) is 8. The van der Waals surface area contributed by atoms with Gasteiger partial charge in [-0.2, -0.15) is 10.5 Å². The van der Waals surface area contributed by atoms with Gasteiger partial charge >= 0.3 is 17.1 Å². The fourth-order valence-electron chi connectivity index (χ4n) is 1.68. The minimum absolute atomic E-state index is 0. The van der Waals surface area contributed by atoms with E-state index in [-0.39, 0.29) is 17.1 Å². The van der Waals surface area contributed by atoms with Crippen molar-refractivity contribution >= 4 is 43.9 Å². The third-order valence-electron chi connectivity index (χ3n) is 2.87. The van der Waals surface area contributed by atoms with Crippen LogP contribution in [-0.2, 0) is 30.2 Å². The minimum atomic E-state index is 0. The normalized spacial score (nSPS) is 8.13. The molecule has 158 valence electrons. The Morgan fingerprint density at radius 2 is 1.19 bits per heavy atom. The summed E-state index contributed by atoms with van der Waals surface area (Å²) in [4.78, 5) is 13.8. The van der Waals surface area contributed by atoms with Gasteiger partial charge in [0.2, 0.25) is 0 Å². The molecule has 0 saturated carbocycles. The number of aliphatic imine (C=N–C) groups is 2. The second-order valence-corrected chi connectivity index (χ2v) is 6.74. The molecule has 0 fully saturated rings. The van der Waals surface area contributed by atoms with Crippen molar-refractivity contribution in [2.45, 2.75) is 13.1 Å². The topological polar surface area (TPSA) is 167 Å². The van der Waals surface area contributed by atoms with Crippen LogP contribution in [0.15, 0.2) is 55.6 Å². The van der Waals surface area contributed by atoms with Crippen LogP contribution in [0.4, 0.5) is 0 Å². The van der Waals surface area contributed by atoms with E-state index in [1.54, 1.807) is 0 Å². The Bertz CT molecular complexity index is 833. The summed E-state index contributed by atoms with van der Waals surface area (Å²) in [7, 11) is 0. The van der Waals surface area contributed by atoms with Gasteiger partial charge in [0.05, 0.1) is 23.8 Å². The molecule has 0 saturated heterocycles. The molecule has 0 aromatic carbocycles. The van der Waals surface area contributed by atoms with Crippen LogP contribution in [0.5, 0.6) is 0 Å². The summed E-state index contributed by atoms with van der Waals surface area (Å²) < 4.78 is 2.01. The standard InChI is InChI=1S/C14H16Br2N4.2C2N3.Fe/c15-11-1-3-13(19-7-11)9-17-5-6-18-10-14-4-2-12(16)8-20-14;2*3-1-5-2-4;/h1-4,7-8,17-18H,5-6,9-10H2;;;/q;2*-1;+4. The Balaban J connectivity index is 0. The molecule has 0 atom stereocenters. The molecule has 0 aliphatic heterocycles. The molecule has 0 radical (unpaired) electrons. The molecular weight excluding hydrogens is 572 g/mol. The Labute approximate surface area is 207 Å². The summed E-state index contributed by atoms with van der Waals surface area (Å²) in [5, 5.41) is 36.4. The molecule has 0 amide bonds. The van der Waals surface area contributed by atoms with Gasteiger partial charge in [0.25, 0.3) is 0 Å². The molecular formula is C18H16Br2FeN10+2. The summed E-state index contributed by atoms with van der Waals surface area (Å²) in [6.45, 7) is 3.36. The number of rotatable bonds is 7. The number of aromatic nitrogens is 2. The van der Waals surface area contributed by atoms with Crippen LogP contribution in [0.3, 0.4) is 0 Å². The van der Waals surface area contributed by atoms with E-state index in [0.717, 1.165) is 46.5 Å². The zero-order valence-corrected chi connectivity index (χ0v) is 20.3. The Kier molecular flexibility index (Phi) is 21.9. The quantitative estimate of drug-likeness (QED) is 0.218. The SMILES string of the molecule is Brc1ccc(CNCCNCc2ccc(Br)cn2)nc1.N#CN=C=[N-].N#CN=C=[N-].[Fe+4]. The maximum atomic E-state index is 7.43. The van der Waals surface area contributed by atoms with Crippen LogP contribution in [0.2, 0.25) is 0 Å². The van der Waals surface area contributed by atoms with Crippen molar-refractivity contribution < 1.29 is 17.1 Å². The van der Waals surface area contributed by atoms with Crippen LogP contribution < -0.4 is 10.6 Å². The van der Waals surface area contributed by atoms with Gasteiger partial charge in [-0.05, 0) is 56.1 Å². The zero-order valence-electron chi connectivity index (χ0n) is 16.0. The zero-order chi connectivity index (χ0) is 22.5. The van der Waals surface area contributed by atoms with Crippen molar-refractivity contribution in [2.24, 2.45) is 9.98 Å². The Morgan fingerprint density at radius 1 is 0.806 bits per heavy atom. The van der Waals surface area contributed by atoms with Crippen molar-refractivity contribution in [3.8, 4) is 12.4 Å². The van der Waals surface area contributed by atoms with Gasteiger partial charge in [-0.25, -0.2) is 0 Å². The minimum Gasteiger partial charge on any atom is -0.422 e. The number of nitriles is 2. The largest absolute Gasteiger partial charge is 4.00 e. The molecule has 31 heavy (non-hydrogen) atoms. The van der Waals surface area contributed by atoms with E-state index < -0.39 is 0 Å². The molecule has 0 unspecified atom stereocenters. The van der Waals surface area contributed by atoms with Crippen molar-refractivity contribution in [1.29, 1.82) is 10.5 Å². The fourth-order valence-corrected chi connectivity index (χ4v) is 2.15. The van der Waals surface area contributed by atoms with Crippen LogP contribution >= 0.6 is 31.9 Å². The predicted octanol–water partition coefficient (Wildman–Crippen LogP) is 3.30. The van der Waals surface area contributed by atoms with Gasteiger partial charge in [-0.3, -0.25) is 9.97 Å². The maximum Gasteiger partial charge on any atom is 4.00 e. The van der Waals surface area contributed by atoms with Crippen LogP contribution in [0.25, 0.3) is 10.8 Å². The van der Waals surface area contributed by atoms with Crippen molar-refractivity contribution in [2.75, 3.05) is 13.1 Å². The molecule has 2 rings (SSSR count). The smallest absolute Gasteiger partial charge is 0.422 e. The molecule has 10 nitrogen and oxygen atoms in total. The van der Waals surface area contributed by atoms with E-state index in [1.807, 2.05) is 36.7 Å². The Morgan fingerprint density at radius 3 is 1.42 bits per heavy atom. The van der Waals surface area contributed by atoms with Gasteiger partial charge < -0.3 is 31.4 Å². The van der Waals surface area contributed by atoms with Crippen LogP contribution in [0, 0.1) is 22.9 Å². The molecule has 0 bridgehead atoms. The van der Waals surface area contributed by atoms with Crippen LogP contribution in [0.1, 0.15) is 11.4 Å². The van der Waals surface area contributed by atoms with Crippen molar-refractivity contribution in [3.63, 3.8) is 0 Å². The molecule has 2 aromatic rings. The van der Waals surface area contributed by atoms with Gasteiger partial charge in [-0.1, -0.05) is 0 Å². The molecule has 0 aliphatic carbocycles. The molecule has 2 heterocycles. The number of halogens is 2. The first-order valence-corrected chi connectivity index (χ1v) is 9.74. The number of hydrogen-bond acceptors (Lipinski definition) is 8. The summed E-state index contributed by atoms with van der Waals surface area (Å²) in [6, 6.07) is 10.6. The first-order chi connectivity index (χ1) is 14.6. The van der Waals surface area contributed by atoms with E-state index in [1.165, 1.54) is 24.4 Å². The van der Waals surface area contributed by atoms with Crippen LogP contribution in [-0.4, -0.2) is 35.1 Å². The summed E-state index contributed by atoms with van der Waals surface area (Å²) >= 11 is 6.75. The second-order valence-electron chi connectivity index (χ2n) is 4.91. The van der Waals surface area contributed by atoms with Gasteiger partial charge in [0, 0.05) is 47.5 Å². The van der Waals surface area contributed by atoms with E-state index in [2.05, 4.69) is 62.4 Å². The third kappa shape index (κ3) is 19.2. The number of pyridine rings is 2. The summed E-state index contributed by atoms with van der Waals surface area (Å²) in [5.74, 6) is 0. The van der Waals surface area contributed by atoms with Gasteiger partial charge in [-0.15, -0.1) is 12.0 Å². The molecule has 0 spiro atoms. The number of nitrogens with one attached hydrogen (secondary N) is 2. The van der Waals surface area contributed by atoms with Gasteiger partial charge in [0.1, 0.15) is 0 Å². The second kappa shape index (κ2) is 22.1.